The third-order valence-corrected chi connectivity index (χ3v) is 5.93. The molecule has 0 unspecified atom stereocenters. The molecule has 1 aliphatic rings. The van der Waals surface area contributed by atoms with Crippen molar-refractivity contribution in [2.75, 3.05) is 26.4 Å². The second-order valence-electron chi connectivity index (χ2n) is 7.93. The minimum Gasteiger partial charge on any atom is -0.457 e. The van der Waals surface area contributed by atoms with Gasteiger partial charge in [0.25, 0.3) is 0 Å². The smallest absolute Gasteiger partial charge is 0.235 e. The Hall–Kier alpha value is -3.15. The number of carbonyl (C=O) groups excluding carboxylic acids is 1. The van der Waals surface area contributed by atoms with Gasteiger partial charge in [0.1, 0.15) is 16.9 Å². The Morgan fingerprint density at radius 2 is 1.50 bits per heavy atom. The SMILES string of the molecule is O=C(NCCOCCO)C1(CCCc2ccccc2)c2ccccc2Oc2ccccc21. The lowest BCUT2D eigenvalue weighted by molar-refractivity contribution is -0.126. The Morgan fingerprint density at radius 1 is 0.875 bits per heavy atom. The number of ether oxygens (including phenoxy) is 2. The van der Waals surface area contributed by atoms with E-state index in [-0.39, 0.29) is 19.1 Å². The van der Waals surface area contributed by atoms with E-state index in [0.29, 0.717) is 19.6 Å². The van der Waals surface area contributed by atoms with Crippen LogP contribution in [0.2, 0.25) is 0 Å². The summed E-state index contributed by atoms with van der Waals surface area (Å²) in [6, 6.07) is 26.0. The number of amides is 1. The maximum absolute atomic E-state index is 13.8. The van der Waals surface area contributed by atoms with Gasteiger partial charge in [-0.3, -0.25) is 4.79 Å². The summed E-state index contributed by atoms with van der Waals surface area (Å²) in [7, 11) is 0. The van der Waals surface area contributed by atoms with Crippen LogP contribution in [0.25, 0.3) is 0 Å². The van der Waals surface area contributed by atoms with Crippen molar-refractivity contribution in [1.29, 1.82) is 0 Å². The number of hydrogen-bond donors (Lipinski definition) is 2. The highest BCUT2D eigenvalue weighted by Crippen LogP contribution is 2.50. The lowest BCUT2D eigenvalue weighted by Gasteiger charge is -2.39. The molecule has 1 aliphatic heterocycles. The summed E-state index contributed by atoms with van der Waals surface area (Å²) in [6.07, 6.45) is 2.39. The number of hydrogen-bond acceptors (Lipinski definition) is 4. The van der Waals surface area contributed by atoms with E-state index in [9.17, 15) is 4.79 Å². The number of carbonyl (C=O) groups is 1. The number of aryl methyl sites for hydroxylation is 1. The zero-order valence-electron chi connectivity index (χ0n) is 18.1. The van der Waals surface area contributed by atoms with Crippen LogP contribution in [-0.2, 0) is 21.4 Å². The lowest BCUT2D eigenvalue weighted by Crippen LogP contribution is -2.47. The van der Waals surface area contributed by atoms with Crippen molar-refractivity contribution in [2.24, 2.45) is 0 Å². The van der Waals surface area contributed by atoms with E-state index in [1.807, 2.05) is 66.7 Å². The van der Waals surface area contributed by atoms with Gasteiger partial charge in [-0.05, 0) is 37.0 Å². The van der Waals surface area contributed by atoms with Gasteiger partial charge >= 0.3 is 0 Å². The van der Waals surface area contributed by atoms with E-state index in [0.717, 1.165) is 35.5 Å². The van der Waals surface area contributed by atoms with Gasteiger partial charge in [-0.2, -0.15) is 0 Å². The quantitative estimate of drug-likeness (QED) is 0.472. The van der Waals surface area contributed by atoms with Crippen molar-refractivity contribution in [3.05, 3.63) is 95.6 Å². The summed E-state index contributed by atoms with van der Waals surface area (Å²) in [5, 5.41) is 12.0. The molecule has 5 heteroatoms. The highest BCUT2D eigenvalue weighted by Gasteiger charge is 2.47. The van der Waals surface area contributed by atoms with Crippen LogP contribution in [0.1, 0.15) is 29.5 Å². The zero-order chi connectivity index (χ0) is 22.2. The first-order valence-electron chi connectivity index (χ1n) is 11.1. The summed E-state index contributed by atoms with van der Waals surface area (Å²) < 4.78 is 11.5. The molecule has 0 saturated heterocycles. The Kier molecular flexibility index (Phi) is 7.20. The van der Waals surface area contributed by atoms with Gasteiger partial charge in [-0.25, -0.2) is 0 Å². The van der Waals surface area contributed by atoms with E-state index in [4.69, 9.17) is 14.6 Å². The van der Waals surface area contributed by atoms with Crippen LogP contribution in [0.4, 0.5) is 0 Å². The van der Waals surface area contributed by atoms with Crippen LogP contribution in [0.15, 0.2) is 78.9 Å². The molecule has 0 aliphatic carbocycles. The van der Waals surface area contributed by atoms with Crippen LogP contribution in [0, 0.1) is 0 Å². The van der Waals surface area contributed by atoms with Gasteiger partial charge in [0.15, 0.2) is 0 Å². The second-order valence-corrected chi connectivity index (χ2v) is 7.93. The number of rotatable bonds is 10. The third kappa shape index (κ3) is 4.54. The fourth-order valence-electron chi connectivity index (χ4n) is 4.46. The number of benzene rings is 3. The minimum absolute atomic E-state index is 0.0323. The van der Waals surface area contributed by atoms with Crippen LogP contribution in [0.5, 0.6) is 11.5 Å². The highest BCUT2D eigenvalue weighted by atomic mass is 16.5. The largest absolute Gasteiger partial charge is 0.457 e. The molecule has 0 atom stereocenters. The monoisotopic (exact) mass is 431 g/mol. The standard InChI is InChI=1S/C27H29NO4/c29-18-20-31-19-17-28-26(30)27(16-8-11-21-9-2-1-3-10-21)22-12-4-6-14-24(22)32-25-15-7-5-13-23(25)27/h1-7,9-10,12-15,29H,8,11,16-20H2,(H,28,30). The van der Waals surface area contributed by atoms with Crippen molar-refractivity contribution in [2.45, 2.75) is 24.7 Å². The number of aliphatic hydroxyl groups is 1. The molecule has 2 N–H and O–H groups in total. The molecule has 0 bridgehead atoms. The Morgan fingerprint density at radius 3 is 2.16 bits per heavy atom. The first-order valence-corrected chi connectivity index (χ1v) is 11.1. The van der Waals surface area contributed by atoms with Crippen molar-refractivity contribution in [3.63, 3.8) is 0 Å². The first-order chi connectivity index (χ1) is 15.8. The highest BCUT2D eigenvalue weighted by molar-refractivity contribution is 5.94. The van der Waals surface area contributed by atoms with Crippen LogP contribution >= 0.6 is 0 Å². The molecule has 1 amide bonds. The average Bonchev–Trinajstić information content (AvgIpc) is 2.84. The molecule has 32 heavy (non-hydrogen) atoms. The Bertz CT molecular complexity index is 989. The maximum Gasteiger partial charge on any atom is 0.235 e. The fraction of sp³-hybridized carbons (Fsp3) is 0.296. The lowest BCUT2D eigenvalue weighted by atomic mass is 9.68. The van der Waals surface area contributed by atoms with Gasteiger partial charge in [0, 0.05) is 17.7 Å². The number of nitrogens with one attached hydrogen (secondary N) is 1. The van der Waals surface area contributed by atoms with Crippen molar-refractivity contribution in [3.8, 4) is 11.5 Å². The van der Waals surface area contributed by atoms with E-state index in [2.05, 4.69) is 17.4 Å². The Labute approximate surface area is 189 Å². The molecule has 5 nitrogen and oxygen atoms in total. The molecule has 0 radical (unpaired) electrons. The van der Waals surface area contributed by atoms with Crippen LogP contribution in [-0.4, -0.2) is 37.4 Å². The number of aliphatic hydroxyl groups excluding tert-OH is 1. The summed E-state index contributed by atoms with van der Waals surface area (Å²) in [6.45, 7) is 0.962. The van der Waals surface area contributed by atoms with Crippen LogP contribution in [0.3, 0.4) is 0 Å². The molecule has 3 aromatic carbocycles. The predicted molar refractivity (Wildman–Crippen MR) is 124 cm³/mol. The third-order valence-electron chi connectivity index (χ3n) is 5.93. The van der Waals surface area contributed by atoms with Crippen molar-refractivity contribution < 1.29 is 19.4 Å². The molecule has 3 aromatic rings. The van der Waals surface area contributed by atoms with E-state index >= 15 is 0 Å². The van der Waals surface area contributed by atoms with Gasteiger partial charge in [-0.15, -0.1) is 0 Å². The molecular weight excluding hydrogens is 402 g/mol. The van der Waals surface area contributed by atoms with Gasteiger partial charge in [0.2, 0.25) is 5.91 Å². The fourth-order valence-corrected chi connectivity index (χ4v) is 4.46. The summed E-state index contributed by atoms with van der Waals surface area (Å²) in [4.78, 5) is 13.8. The number of fused-ring (bicyclic) bond motifs is 2. The normalized spacial score (nSPS) is 13.5. The van der Waals surface area contributed by atoms with E-state index < -0.39 is 5.41 Å². The minimum atomic E-state index is -0.850. The van der Waals surface area contributed by atoms with E-state index in [1.54, 1.807) is 0 Å². The molecule has 0 spiro atoms. The molecule has 4 rings (SSSR count). The van der Waals surface area contributed by atoms with Crippen LogP contribution < -0.4 is 10.1 Å². The van der Waals surface area contributed by atoms with Gasteiger partial charge < -0.3 is 19.9 Å². The zero-order valence-corrected chi connectivity index (χ0v) is 18.1. The predicted octanol–water partition coefficient (Wildman–Crippen LogP) is 4.23. The average molecular weight is 432 g/mol. The van der Waals surface area contributed by atoms with Gasteiger partial charge in [0.05, 0.1) is 19.8 Å². The first kappa shape index (κ1) is 22.1. The van der Waals surface area contributed by atoms with Crippen molar-refractivity contribution in [1.82, 2.24) is 5.32 Å². The molecular formula is C27H29NO4. The molecule has 1 heterocycles. The maximum atomic E-state index is 13.8. The molecule has 166 valence electrons. The van der Waals surface area contributed by atoms with Crippen molar-refractivity contribution >= 4 is 5.91 Å². The summed E-state index contributed by atoms with van der Waals surface area (Å²) in [5.41, 5.74) is 2.19. The molecule has 0 aromatic heterocycles. The molecule has 0 saturated carbocycles. The molecule has 0 fully saturated rings. The summed E-state index contributed by atoms with van der Waals surface area (Å²) in [5.74, 6) is 1.39. The number of para-hydroxylation sites is 2. The van der Waals surface area contributed by atoms with E-state index in [1.165, 1.54) is 5.56 Å². The van der Waals surface area contributed by atoms with Gasteiger partial charge in [-0.1, -0.05) is 66.7 Å². The topological polar surface area (TPSA) is 67.8 Å². The second kappa shape index (κ2) is 10.4. The Balaban J connectivity index is 1.66. The summed E-state index contributed by atoms with van der Waals surface area (Å²) >= 11 is 0.